The van der Waals surface area contributed by atoms with Crippen LogP contribution in [0.2, 0.25) is 0 Å². The molecule has 24 heavy (non-hydrogen) atoms. The predicted octanol–water partition coefficient (Wildman–Crippen LogP) is 1.81. The minimum atomic E-state index is -0.437. The molecule has 4 N–H and O–H groups in total. The second-order valence-electron chi connectivity index (χ2n) is 4.80. The molecule has 0 unspecified atom stereocenters. The summed E-state index contributed by atoms with van der Waals surface area (Å²) in [6, 6.07) is 8.61. The van der Waals surface area contributed by atoms with Crippen LogP contribution in [0.4, 0.5) is 11.4 Å². The number of hydrogen-bond acceptors (Lipinski definition) is 6. The molecule has 1 heterocycles. The van der Waals surface area contributed by atoms with Crippen LogP contribution in [-0.2, 0) is 6.42 Å². The first-order chi connectivity index (χ1) is 11.6. The number of nitrogens with one attached hydrogen (secondary N) is 2. The molecule has 0 aliphatic rings. The summed E-state index contributed by atoms with van der Waals surface area (Å²) in [6.07, 6.45) is 5.58. The van der Waals surface area contributed by atoms with Gasteiger partial charge in [0.25, 0.3) is 5.69 Å². The first-order valence-electron chi connectivity index (χ1n) is 7.06. The van der Waals surface area contributed by atoms with Gasteiger partial charge in [-0.15, -0.1) is 0 Å². The summed E-state index contributed by atoms with van der Waals surface area (Å²) in [5.41, 5.74) is 9.74. The number of nitro benzene ring substituents is 1. The van der Waals surface area contributed by atoms with E-state index in [2.05, 4.69) is 33.0 Å². The topological polar surface area (TPSA) is 118 Å². The zero-order valence-electron chi connectivity index (χ0n) is 12.7. The van der Waals surface area contributed by atoms with E-state index in [9.17, 15) is 10.1 Å². The summed E-state index contributed by atoms with van der Waals surface area (Å²) in [7, 11) is 0. The number of thiocarbonyl (C=S) groups is 1. The molecule has 0 radical (unpaired) electrons. The first-order valence-corrected chi connectivity index (χ1v) is 7.47. The molecule has 0 saturated carbocycles. The number of hydrazone groups is 1. The van der Waals surface area contributed by atoms with E-state index >= 15 is 0 Å². The van der Waals surface area contributed by atoms with Crippen molar-refractivity contribution in [2.75, 3.05) is 11.9 Å². The van der Waals surface area contributed by atoms with Crippen molar-refractivity contribution in [3.05, 3.63) is 64.0 Å². The molecular formula is C15H16N6O2S. The third-order valence-corrected chi connectivity index (χ3v) is 3.18. The Kier molecular flexibility index (Phi) is 6.15. The summed E-state index contributed by atoms with van der Waals surface area (Å²) in [4.78, 5) is 14.8. The lowest BCUT2D eigenvalue weighted by Crippen LogP contribution is -2.23. The van der Waals surface area contributed by atoms with Gasteiger partial charge in [-0.05, 0) is 42.4 Å². The van der Waals surface area contributed by atoms with Crippen LogP contribution in [0.3, 0.4) is 0 Å². The second-order valence-corrected chi connectivity index (χ2v) is 5.24. The molecule has 0 bridgehead atoms. The lowest BCUT2D eigenvalue weighted by molar-refractivity contribution is -0.384. The number of nitro groups is 1. The maximum atomic E-state index is 11.2. The van der Waals surface area contributed by atoms with E-state index in [0.29, 0.717) is 17.8 Å². The van der Waals surface area contributed by atoms with Gasteiger partial charge in [0, 0.05) is 30.6 Å². The van der Waals surface area contributed by atoms with Crippen molar-refractivity contribution in [1.82, 2.24) is 10.4 Å². The molecule has 1 aromatic heterocycles. The summed E-state index contributed by atoms with van der Waals surface area (Å²) in [5.74, 6) is 0. The molecule has 9 heteroatoms. The fourth-order valence-electron chi connectivity index (χ4n) is 1.99. The zero-order chi connectivity index (χ0) is 17.4. The normalized spacial score (nSPS) is 10.5. The second kappa shape index (κ2) is 8.53. The van der Waals surface area contributed by atoms with E-state index in [-0.39, 0.29) is 10.8 Å². The SMILES string of the molecule is NC(=S)N/N=C/c1ccc(NCCc2ccncc2)c([N+](=O)[O-])c1. The summed E-state index contributed by atoms with van der Waals surface area (Å²) >= 11 is 4.62. The smallest absolute Gasteiger partial charge is 0.292 e. The number of pyridine rings is 1. The minimum absolute atomic E-state index is 0.0233. The van der Waals surface area contributed by atoms with E-state index in [0.717, 1.165) is 12.0 Å². The van der Waals surface area contributed by atoms with Crippen LogP contribution in [0.15, 0.2) is 47.8 Å². The molecule has 0 saturated heterocycles. The van der Waals surface area contributed by atoms with E-state index in [4.69, 9.17) is 5.73 Å². The van der Waals surface area contributed by atoms with Gasteiger partial charge >= 0.3 is 0 Å². The third-order valence-electron chi connectivity index (χ3n) is 3.09. The average Bonchev–Trinajstić information content (AvgIpc) is 2.56. The van der Waals surface area contributed by atoms with Gasteiger partial charge in [0.05, 0.1) is 11.1 Å². The van der Waals surface area contributed by atoms with Crippen LogP contribution in [0, 0.1) is 10.1 Å². The van der Waals surface area contributed by atoms with Gasteiger partial charge in [-0.25, -0.2) is 0 Å². The van der Waals surface area contributed by atoms with E-state index in [1.165, 1.54) is 12.3 Å². The lowest BCUT2D eigenvalue weighted by Gasteiger charge is -2.08. The Morgan fingerprint density at radius 3 is 2.79 bits per heavy atom. The van der Waals surface area contributed by atoms with Crippen molar-refractivity contribution in [2.45, 2.75) is 6.42 Å². The highest BCUT2D eigenvalue weighted by molar-refractivity contribution is 7.80. The Morgan fingerprint density at radius 1 is 1.38 bits per heavy atom. The molecule has 0 atom stereocenters. The quantitative estimate of drug-likeness (QED) is 0.303. The standard InChI is InChI=1S/C15H16N6O2S/c16-15(24)20-19-10-12-1-2-13(14(9-12)21(22)23)18-8-5-11-3-6-17-7-4-11/h1-4,6-7,9-10,18H,5,8H2,(H3,16,20,24)/b19-10+. The van der Waals surface area contributed by atoms with Gasteiger partial charge in [0.1, 0.15) is 5.69 Å². The van der Waals surface area contributed by atoms with Crippen LogP contribution >= 0.6 is 12.2 Å². The summed E-state index contributed by atoms with van der Waals surface area (Å²) in [6.45, 7) is 0.571. The zero-order valence-corrected chi connectivity index (χ0v) is 13.5. The average molecular weight is 344 g/mol. The van der Waals surface area contributed by atoms with Crippen molar-refractivity contribution in [3.8, 4) is 0 Å². The number of anilines is 1. The maximum Gasteiger partial charge on any atom is 0.292 e. The van der Waals surface area contributed by atoms with Crippen molar-refractivity contribution in [2.24, 2.45) is 10.8 Å². The third kappa shape index (κ3) is 5.29. The highest BCUT2D eigenvalue weighted by Gasteiger charge is 2.13. The first kappa shape index (κ1) is 17.3. The molecule has 2 rings (SSSR count). The number of nitrogens with zero attached hydrogens (tertiary/aromatic N) is 3. The van der Waals surface area contributed by atoms with Crippen molar-refractivity contribution < 1.29 is 4.92 Å². The van der Waals surface area contributed by atoms with Gasteiger partial charge in [0.15, 0.2) is 5.11 Å². The van der Waals surface area contributed by atoms with Crippen LogP contribution in [0.5, 0.6) is 0 Å². The minimum Gasteiger partial charge on any atom is -0.379 e. The molecule has 0 aliphatic carbocycles. The molecular weight excluding hydrogens is 328 g/mol. The summed E-state index contributed by atoms with van der Waals surface area (Å²) < 4.78 is 0. The molecule has 0 spiro atoms. The maximum absolute atomic E-state index is 11.2. The molecule has 0 amide bonds. The Balaban J connectivity index is 2.04. The molecule has 1 aromatic carbocycles. The number of hydrogen-bond donors (Lipinski definition) is 3. The Morgan fingerprint density at radius 2 is 2.12 bits per heavy atom. The van der Waals surface area contributed by atoms with Crippen LogP contribution in [0.25, 0.3) is 0 Å². The highest BCUT2D eigenvalue weighted by atomic mass is 32.1. The van der Waals surface area contributed by atoms with E-state index < -0.39 is 4.92 Å². The van der Waals surface area contributed by atoms with Crippen LogP contribution in [0.1, 0.15) is 11.1 Å². The fraction of sp³-hybridized carbons (Fsp3) is 0.133. The number of nitrogens with two attached hydrogens (primary N) is 1. The lowest BCUT2D eigenvalue weighted by atomic mass is 10.1. The van der Waals surface area contributed by atoms with Crippen molar-refractivity contribution in [3.63, 3.8) is 0 Å². The number of rotatable bonds is 7. The van der Waals surface area contributed by atoms with E-state index in [1.807, 2.05) is 12.1 Å². The van der Waals surface area contributed by atoms with Gasteiger partial charge in [-0.3, -0.25) is 20.5 Å². The predicted molar refractivity (Wildman–Crippen MR) is 97.0 cm³/mol. The van der Waals surface area contributed by atoms with E-state index in [1.54, 1.807) is 24.5 Å². The molecule has 0 aliphatic heterocycles. The highest BCUT2D eigenvalue weighted by Crippen LogP contribution is 2.25. The Hall–Kier alpha value is -3.07. The fourth-order valence-corrected chi connectivity index (χ4v) is 2.04. The van der Waals surface area contributed by atoms with Crippen LogP contribution in [-0.4, -0.2) is 27.8 Å². The monoisotopic (exact) mass is 344 g/mol. The molecule has 0 fully saturated rings. The number of aromatic nitrogens is 1. The Labute approximate surface area is 143 Å². The van der Waals surface area contributed by atoms with Crippen molar-refractivity contribution >= 4 is 34.9 Å². The van der Waals surface area contributed by atoms with Gasteiger partial charge in [-0.1, -0.05) is 6.07 Å². The van der Waals surface area contributed by atoms with Crippen molar-refractivity contribution in [1.29, 1.82) is 0 Å². The van der Waals surface area contributed by atoms with Gasteiger partial charge in [-0.2, -0.15) is 5.10 Å². The largest absolute Gasteiger partial charge is 0.379 e. The summed E-state index contributed by atoms with van der Waals surface area (Å²) in [5, 5.41) is 18.1. The molecule has 2 aromatic rings. The number of benzene rings is 1. The molecule has 124 valence electrons. The Bertz CT molecular complexity index is 751. The van der Waals surface area contributed by atoms with Crippen LogP contribution < -0.4 is 16.5 Å². The molecule has 8 nitrogen and oxygen atoms in total. The van der Waals surface area contributed by atoms with Gasteiger partial charge < -0.3 is 11.1 Å². The van der Waals surface area contributed by atoms with Gasteiger partial charge in [0.2, 0.25) is 0 Å².